The molecule has 0 aliphatic rings. The lowest BCUT2D eigenvalue weighted by Gasteiger charge is -2.28. The summed E-state index contributed by atoms with van der Waals surface area (Å²) in [6, 6.07) is 18.4. The van der Waals surface area contributed by atoms with Crippen molar-refractivity contribution in [3.05, 3.63) is 78.4 Å². The Morgan fingerprint density at radius 1 is 1.00 bits per heavy atom. The summed E-state index contributed by atoms with van der Waals surface area (Å²) < 4.78 is 5.47. The van der Waals surface area contributed by atoms with Gasteiger partial charge in [0.2, 0.25) is 0 Å². The topological polar surface area (TPSA) is 9.23 Å². The molecule has 0 amide bonds. The molecule has 0 radical (unpaired) electrons. The van der Waals surface area contributed by atoms with Crippen LogP contribution in [0.4, 0.5) is 0 Å². The summed E-state index contributed by atoms with van der Waals surface area (Å²) in [5.41, 5.74) is 2.10. The van der Waals surface area contributed by atoms with E-state index in [9.17, 15) is 0 Å². The highest BCUT2D eigenvalue weighted by Gasteiger charge is 2.27. The number of allylic oxidation sites excluding steroid dienone is 1. The second-order valence-corrected chi connectivity index (χ2v) is 4.47. The fourth-order valence-electron chi connectivity index (χ4n) is 2.24. The number of para-hydroxylation sites is 1. The Morgan fingerprint density at radius 2 is 1.61 bits per heavy atom. The van der Waals surface area contributed by atoms with Crippen LogP contribution in [0.25, 0.3) is 0 Å². The molecule has 18 heavy (non-hydrogen) atoms. The highest BCUT2D eigenvalue weighted by Crippen LogP contribution is 2.38. The van der Waals surface area contributed by atoms with Crippen molar-refractivity contribution < 1.29 is 4.74 Å². The predicted molar refractivity (Wildman–Crippen MR) is 76.1 cm³/mol. The van der Waals surface area contributed by atoms with Crippen LogP contribution in [0.5, 0.6) is 5.75 Å². The first-order valence-electron chi connectivity index (χ1n) is 6.05. The smallest absolute Gasteiger partial charge is 0.123 e. The lowest BCUT2D eigenvalue weighted by molar-refractivity contribution is 0.404. The van der Waals surface area contributed by atoms with E-state index >= 15 is 0 Å². The number of hydrogen-bond acceptors (Lipinski definition) is 1. The molecule has 1 nitrogen and oxygen atoms in total. The van der Waals surface area contributed by atoms with Gasteiger partial charge < -0.3 is 4.74 Å². The highest BCUT2D eigenvalue weighted by molar-refractivity contribution is 5.49. The first-order valence-corrected chi connectivity index (χ1v) is 6.05. The maximum atomic E-state index is 5.47. The minimum Gasteiger partial charge on any atom is -0.496 e. The second-order valence-electron chi connectivity index (χ2n) is 4.47. The summed E-state index contributed by atoms with van der Waals surface area (Å²) in [7, 11) is 1.70. The summed E-state index contributed by atoms with van der Waals surface area (Å²) >= 11 is 0. The van der Waals surface area contributed by atoms with Crippen molar-refractivity contribution in [2.24, 2.45) is 0 Å². The molecule has 0 fully saturated rings. The number of hydrogen-bond donors (Lipinski definition) is 0. The van der Waals surface area contributed by atoms with E-state index in [0.29, 0.717) is 0 Å². The molecular formula is C17H18O. The van der Waals surface area contributed by atoms with E-state index in [4.69, 9.17) is 4.74 Å². The van der Waals surface area contributed by atoms with Gasteiger partial charge in [0.25, 0.3) is 0 Å². The van der Waals surface area contributed by atoms with Crippen LogP contribution in [-0.4, -0.2) is 7.11 Å². The van der Waals surface area contributed by atoms with Crippen molar-refractivity contribution in [1.29, 1.82) is 0 Å². The SMILES string of the molecule is C=C[C@@](C)(c1ccccc1)c1ccccc1OC. The van der Waals surface area contributed by atoms with E-state index in [1.165, 1.54) is 5.56 Å². The molecule has 1 heteroatoms. The van der Waals surface area contributed by atoms with E-state index in [1.807, 2.05) is 42.5 Å². The summed E-state index contributed by atoms with van der Waals surface area (Å²) in [4.78, 5) is 0. The third kappa shape index (κ3) is 2.04. The van der Waals surface area contributed by atoms with Crippen LogP contribution >= 0.6 is 0 Å². The van der Waals surface area contributed by atoms with Crippen LogP contribution < -0.4 is 4.74 Å². The zero-order chi connectivity index (χ0) is 13.0. The maximum absolute atomic E-state index is 5.47. The van der Waals surface area contributed by atoms with Gasteiger partial charge in [-0.3, -0.25) is 0 Å². The van der Waals surface area contributed by atoms with Crippen LogP contribution in [0, 0.1) is 0 Å². The quantitative estimate of drug-likeness (QED) is 0.726. The minimum atomic E-state index is -0.242. The Morgan fingerprint density at radius 3 is 2.22 bits per heavy atom. The van der Waals surface area contributed by atoms with E-state index < -0.39 is 0 Å². The average molecular weight is 238 g/mol. The molecule has 2 rings (SSSR count). The van der Waals surface area contributed by atoms with Gasteiger partial charge in [-0.25, -0.2) is 0 Å². The van der Waals surface area contributed by atoms with Crippen molar-refractivity contribution in [2.45, 2.75) is 12.3 Å². The second kappa shape index (κ2) is 5.09. The molecule has 0 spiro atoms. The third-order valence-corrected chi connectivity index (χ3v) is 3.45. The molecule has 0 unspecified atom stereocenters. The van der Waals surface area contributed by atoms with Crippen molar-refractivity contribution >= 4 is 0 Å². The van der Waals surface area contributed by atoms with Crippen LogP contribution in [0.2, 0.25) is 0 Å². The Bertz CT molecular complexity index is 530. The molecule has 0 saturated carbocycles. The van der Waals surface area contributed by atoms with Gasteiger partial charge >= 0.3 is 0 Å². The monoisotopic (exact) mass is 238 g/mol. The largest absolute Gasteiger partial charge is 0.496 e. The Kier molecular flexibility index (Phi) is 3.52. The van der Waals surface area contributed by atoms with Gasteiger partial charge in [0.05, 0.1) is 7.11 Å². The first kappa shape index (κ1) is 12.4. The van der Waals surface area contributed by atoms with Crippen LogP contribution in [0.15, 0.2) is 67.3 Å². The molecular weight excluding hydrogens is 220 g/mol. The van der Waals surface area contributed by atoms with Gasteiger partial charge in [-0.2, -0.15) is 0 Å². The Hall–Kier alpha value is -2.02. The molecule has 1 atom stereocenters. The number of methoxy groups -OCH3 is 1. The van der Waals surface area contributed by atoms with E-state index in [0.717, 1.165) is 11.3 Å². The molecule has 2 aromatic carbocycles. The summed E-state index contributed by atoms with van der Waals surface area (Å²) in [6.45, 7) is 6.17. The molecule has 0 N–H and O–H groups in total. The predicted octanol–water partition coefficient (Wildman–Crippen LogP) is 4.19. The van der Waals surface area contributed by atoms with Crippen molar-refractivity contribution in [3.63, 3.8) is 0 Å². The zero-order valence-corrected chi connectivity index (χ0v) is 10.9. The maximum Gasteiger partial charge on any atom is 0.123 e. The Balaban J connectivity index is 2.60. The van der Waals surface area contributed by atoms with E-state index in [-0.39, 0.29) is 5.41 Å². The fourth-order valence-corrected chi connectivity index (χ4v) is 2.24. The molecule has 0 aliphatic carbocycles. The molecule has 2 aromatic rings. The van der Waals surface area contributed by atoms with Crippen LogP contribution in [0.1, 0.15) is 18.1 Å². The van der Waals surface area contributed by atoms with Crippen molar-refractivity contribution in [2.75, 3.05) is 7.11 Å². The van der Waals surface area contributed by atoms with Gasteiger partial charge in [0.15, 0.2) is 0 Å². The van der Waals surface area contributed by atoms with Gasteiger partial charge in [0, 0.05) is 11.0 Å². The van der Waals surface area contributed by atoms with Gasteiger partial charge in [0.1, 0.15) is 5.75 Å². The van der Waals surface area contributed by atoms with Gasteiger partial charge in [-0.1, -0.05) is 54.6 Å². The van der Waals surface area contributed by atoms with E-state index in [2.05, 4.69) is 31.7 Å². The van der Waals surface area contributed by atoms with Gasteiger partial charge in [-0.15, -0.1) is 6.58 Å². The van der Waals surface area contributed by atoms with Crippen molar-refractivity contribution in [1.82, 2.24) is 0 Å². The number of rotatable bonds is 4. The Labute approximate surface area is 109 Å². The summed E-state index contributed by atoms with van der Waals surface area (Å²) in [6.07, 6.45) is 1.97. The normalized spacial score (nSPS) is 13.7. The highest BCUT2D eigenvalue weighted by atomic mass is 16.5. The minimum absolute atomic E-state index is 0.242. The first-order chi connectivity index (χ1) is 8.72. The molecule has 0 aromatic heterocycles. The lowest BCUT2D eigenvalue weighted by atomic mass is 9.76. The van der Waals surface area contributed by atoms with E-state index in [1.54, 1.807) is 7.11 Å². The van der Waals surface area contributed by atoms with Gasteiger partial charge in [-0.05, 0) is 18.6 Å². The lowest BCUT2D eigenvalue weighted by Crippen LogP contribution is -2.21. The molecule has 0 saturated heterocycles. The number of ether oxygens (including phenoxy) is 1. The van der Waals surface area contributed by atoms with Crippen LogP contribution in [-0.2, 0) is 5.41 Å². The number of benzene rings is 2. The molecule has 0 aliphatic heterocycles. The average Bonchev–Trinajstić information content (AvgIpc) is 2.47. The summed E-state index contributed by atoms with van der Waals surface area (Å²) in [5, 5.41) is 0. The summed E-state index contributed by atoms with van der Waals surface area (Å²) in [5.74, 6) is 0.892. The van der Waals surface area contributed by atoms with Crippen molar-refractivity contribution in [3.8, 4) is 5.75 Å². The third-order valence-electron chi connectivity index (χ3n) is 3.45. The molecule has 92 valence electrons. The fraction of sp³-hybridized carbons (Fsp3) is 0.176. The zero-order valence-electron chi connectivity index (χ0n) is 10.9. The standard InChI is InChI=1S/C17H18O/c1-4-17(2,14-10-6-5-7-11-14)15-12-8-9-13-16(15)18-3/h4-13H,1H2,2-3H3/t17-/m0/s1. The van der Waals surface area contributed by atoms with Crippen LogP contribution in [0.3, 0.4) is 0 Å². The molecule has 0 bridgehead atoms. The molecule has 0 heterocycles.